The van der Waals surface area contributed by atoms with Crippen molar-refractivity contribution in [2.75, 3.05) is 39.3 Å². The van der Waals surface area contributed by atoms with Crippen LogP contribution in [0.5, 0.6) is 0 Å². The summed E-state index contributed by atoms with van der Waals surface area (Å²) in [5, 5.41) is 0. The first kappa shape index (κ1) is 21.0. The van der Waals surface area contributed by atoms with Gasteiger partial charge in [0.25, 0.3) is 0 Å². The first-order valence-electron chi connectivity index (χ1n) is 11.0. The van der Waals surface area contributed by atoms with Crippen molar-refractivity contribution in [3.05, 3.63) is 83.4 Å². The molecule has 2 aliphatic heterocycles. The average molecular weight is 409 g/mol. The van der Waals surface area contributed by atoms with Gasteiger partial charge in [0.05, 0.1) is 0 Å². The summed E-state index contributed by atoms with van der Waals surface area (Å²) in [5.74, 6) is -0.347. The second kappa shape index (κ2) is 10.1. The number of hydrogen-bond acceptors (Lipinski definition) is 2. The van der Waals surface area contributed by atoms with Crippen molar-refractivity contribution in [3.63, 3.8) is 0 Å². The van der Waals surface area contributed by atoms with E-state index in [0.717, 1.165) is 63.2 Å². The fourth-order valence-electron chi connectivity index (χ4n) is 4.35. The summed E-state index contributed by atoms with van der Waals surface area (Å²) in [5.41, 5.74) is 4.97. The molecule has 0 radical (unpaired) electrons. The van der Waals surface area contributed by atoms with Crippen LogP contribution in [-0.4, -0.2) is 49.1 Å². The van der Waals surface area contributed by atoms with Crippen molar-refractivity contribution < 1.29 is 8.78 Å². The standard InChI is InChI=1S/C26H30F2N2/c27-25-7-3-21(4-8-25)23-11-17-29(18-12-23)15-1-2-16-30-19-13-24(14-20-30)22-5-9-26(28)10-6-22/h3-11,13H,1-2,12,14-20H2. The molecule has 0 fully saturated rings. The highest BCUT2D eigenvalue weighted by Gasteiger charge is 2.15. The highest BCUT2D eigenvalue weighted by Crippen LogP contribution is 2.24. The molecule has 0 aromatic heterocycles. The van der Waals surface area contributed by atoms with Gasteiger partial charge in [0.1, 0.15) is 11.6 Å². The van der Waals surface area contributed by atoms with E-state index in [1.165, 1.54) is 24.0 Å². The summed E-state index contributed by atoms with van der Waals surface area (Å²) >= 11 is 0. The van der Waals surface area contributed by atoms with Gasteiger partial charge >= 0.3 is 0 Å². The molecular weight excluding hydrogens is 378 g/mol. The summed E-state index contributed by atoms with van der Waals surface area (Å²) < 4.78 is 26.2. The molecule has 0 saturated heterocycles. The zero-order chi connectivity index (χ0) is 20.8. The molecule has 0 N–H and O–H groups in total. The van der Waals surface area contributed by atoms with E-state index in [-0.39, 0.29) is 11.6 Å². The SMILES string of the molecule is Fc1ccc(C2=CCN(CCCCN3CC=C(c4ccc(F)cc4)CC3)CC2)cc1. The Bertz CT molecular complexity index is 809. The molecule has 0 atom stereocenters. The molecule has 0 spiro atoms. The van der Waals surface area contributed by atoms with Gasteiger partial charge in [-0.3, -0.25) is 9.80 Å². The van der Waals surface area contributed by atoms with Gasteiger partial charge in [-0.25, -0.2) is 8.78 Å². The van der Waals surface area contributed by atoms with Crippen LogP contribution in [0, 0.1) is 11.6 Å². The Labute approximate surface area is 178 Å². The summed E-state index contributed by atoms with van der Waals surface area (Å²) in [6.07, 6.45) is 9.09. The molecule has 4 heteroatoms. The van der Waals surface area contributed by atoms with Crippen molar-refractivity contribution in [1.82, 2.24) is 9.80 Å². The van der Waals surface area contributed by atoms with Gasteiger partial charge in [0, 0.05) is 26.2 Å². The van der Waals surface area contributed by atoms with Crippen LogP contribution in [0.15, 0.2) is 60.7 Å². The Balaban J connectivity index is 1.15. The predicted molar refractivity (Wildman–Crippen MR) is 120 cm³/mol. The number of rotatable bonds is 7. The zero-order valence-electron chi connectivity index (χ0n) is 17.5. The van der Waals surface area contributed by atoms with Gasteiger partial charge in [-0.2, -0.15) is 0 Å². The number of benzene rings is 2. The monoisotopic (exact) mass is 408 g/mol. The zero-order valence-corrected chi connectivity index (χ0v) is 17.5. The molecule has 2 nitrogen and oxygen atoms in total. The second-order valence-electron chi connectivity index (χ2n) is 8.28. The molecule has 2 aliphatic rings. The molecule has 0 aliphatic carbocycles. The van der Waals surface area contributed by atoms with Crippen LogP contribution in [0.4, 0.5) is 8.78 Å². The topological polar surface area (TPSA) is 6.48 Å². The van der Waals surface area contributed by atoms with Crippen LogP contribution < -0.4 is 0 Å². The highest BCUT2D eigenvalue weighted by atomic mass is 19.1. The predicted octanol–water partition coefficient (Wildman–Crippen LogP) is 5.62. The van der Waals surface area contributed by atoms with Gasteiger partial charge in [-0.05, 0) is 85.3 Å². The normalized spacial score (nSPS) is 18.2. The van der Waals surface area contributed by atoms with Crippen LogP contribution in [0.3, 0.4) is 0 Å². The van der Waals surface area contributed by atoms with E-state index in [1.54, 1.807) is 24.3 Å². The lowest BCUT2D eigenvalue weighted by Crippen LogP contribution is -2.32. The summed E-state index contributed by atoms with van der Waals surface area (Å²) in [6.45, 7) is 6.41. The summed E-state index contributed by atoms with van der Waals surface area (Å²) in [7, 11) is 0. The number of unbranched alkanes of at least 4 members (excludes halogenated alkanes) is 1. The Morgan fingerprint density at radius 2 is 1.00 bits per heavy atom. The maximum Gasteiger partial charge on any atom is 0.123 e. The third-order valence-electron chi connectivity index (χ3n) is 6.22. The van der Waals surface area contributed by atoms with E-state index < -0.39 is 0 Å². The third-order valence-corrected chi connectivity index (χ3v) is 6.22. The minimum absolute atomic E-state index is 0.173. The van der Waals surface area contributed by atoms with Crippen LogP contribution in [0.1, 0.15) is 36.8 Å². The fraction of sp³-hybridized carbons (Fsp3) is 0.385. The Hall–Kier alpha value is -2.30. The van der Waals surface area contributed by atoms with E-state index >= 15 is 0 Å². The van der Waals surface area contributed by atoms with Crippen LogP contribution in [-0.2, 0) is 0 Å². The van der Waals surface area contributed by atoms with E-state index in [0.29, 0.717) is 0 Å². The maximum absolute atomic E-state index is 13.1. The molecule has 2 aromatic rings. The lowest BCUT2D eigenvalue weighted by Gasteiger charge is -2.28. The smallest absolute Gasteiger partial charge is 0.123 e. The van der Waals surface area contributed by atoms with E-state index in [4.69, 9.17) is 0 Å². The lowest BCUT2D eigenvalue weighted by molar-refractivity contribution is 0.264. The Kier molecular flexibility index (Phi) is 7.08. The average Bonchev–Trinajstić information content (AvgIpc) is 2.79. The van der Waals surface area contributed by atoms with Gasteiger partial charge in [-0.15, -0.1) is 0 Å². The molecule has 4 rings (SSSR count). The summed E-state index contributed by atoms with van der Waals surface area (Å²) in [6, 6.07) is 13.7. The number of halogens is 2. The minimum Gasteiger partial charge on any atom is -0.299 e. The van der Waals surface area contributed by atoms with Gasteiger partial charge in [0.15, 0.2) is 0 Å². The van der Waals surface area contributed by atoms with Crippen molar-refractivity contribution in [3.8, 4) is 0 Å². The van der Waals surface area contributed by atoms with E-state index in [2.05, 4.69) is 22.0 Å². The summed E-state index contributed by atoms with van der Waals surface area (Å²) in [4.78, 5) is 5.02. The minimum atomic E-state index is -0.173. The molecule has 0 unspecified atom stereocenters. The van der Waals surface area contributed by atoms with E-state index in [9.17, 15) is 8.78 Å². The number of hydrogen-bond donors (Lipinski definition) is 0. The largest absolute Gasteiger partial charge is 0.299 e. The molecule has 0 saturated carbocycles. The van der Waals surface area contributed by atoms with Gasteiger partial charge < -0.3 is 0 Å². The van der Waals surface area contributed by atoms with Crippen molar-refractivity contribution in [1.29, 1.82) is 0 Å². The molecular formula is C26H30F2N2. The molecule has 2 heterocycles. The second-order valence-corrected chi connectivity index (χ2v) is 8.28. The maximum atomic E-state index is 13.1. The van der Waals surface area contributed by atoms with Gasteiger partial charge in [-0.1, -0.05) is 36.4 Å². The van der Waals surface area contributed by atoms with Crippen LogP contribution in [0.25, 0.3) is 11.1 Å². The fourth-order valence-corrected chi connectivity index (χ4v) is 4.35. The van der Waals surface area contributed by atoms with E-state index in [1.807, 2.05) is 24.3 Å². The van der Waals surface area contributed by atoms with Gasteiger partial charge in [0.2, 0.25) is 0 Å². The van der Waals surface area contributed by atoms with Crippen LogP contribution in [0.2, 0.25) is 0 Å². The van der Waals surface area contributed by atoms with Crippen molar-refractivity contribution in [2.45, 2.75) is 25.7 Å². The van der Waals surface area contributed by atoms with Crippen molar-refractivity contribution in [2.24, 2.45) is 0 Å². The first-order valence-corrected chi connectivity index (χ1v) is 11.0. The van der Waals surface area contributed by atoms with Crippen molar-refractivity contribution >= 4 is 11.1 Å². The molecule has 30 heavy (non-hydrogen) atoms. The third kappa shape index (κ3) is 5.65. The van der Waals surface area contributed by atoms with Crippen LogP contribution >= 0.6 is 0 Å². The molecule has 2 aromatic carbocycles. The highest BCUT2D eigenvalue weighted by molar-refractivity contribution is 5.67. The number of nitrogens with zero attached hydrogens (tertiary/aromatic N) is 2. The molecule has 0 amide bonds. The molecule has 158 valence electrons. The quantitative estimate of drug-likeness (QED) is 0.549. The molecule has 0 bridgehead atoms. The Morgan fingerprint density at radius 3 is 1.33 bits per heavy atom. The first-order chi connectivity index (χ1) is 14.7. The Morgan fingerprint density at radius 1 is 0.600 bits per heavy atom. The lowest BCUT2D eigenvalue weighted by atomic mass is 9.99.